The predicted molar refractivity (Wildman–Crippen MR) is 72.3 cm³/mol. The lowest BCUT2D eigenvalue weighted by atomic mass is 10.1. The minimum Gasteiger partial charge on any atom is -0.383 e. The summed E-state index contributed by atoms with van der Waals surface area (Å²) in [6.07, 6.45) is 2.48. The molecule has 2 aromatic heterocycles. The molecule has 0 atom stereocenters. The predicted octanol–water partition coefficient (Wildman–Crippen LogP) is 1.09. The zero-order chi connectivity index (χ0) is 14.0. The Morgan fingerprint density at radius 3 is 2.68 bits per heavy atom. The topological polar surface area (TPSA) is 108 Å². The molecule has 19 heavy (non-hydrogen) atoms. The second-order valence-electron chi connectivity index (χ2n) is 4.12. The minimum atomic E-state index is -0.627. The number of nitrogen functional groups attached to an aromatic ring is 1. The van der Waals surface area contributed by atoms with E-state index in [1.165, 1.54) is 0 Å². The van der Waals surface area contributed by atoms with Gasteiger partial charge < -0.3 is 11.5 Å². The summed E-state index contributed by atoms with van der Waals surface area (Å²) in [6.45, 7) is 3.70. The zero-order valence-corrected chi connectivity index (χ0v) is 10.8. The number of primary amides is 1. The van der Waals surface area contributed by atoms with Gasteiger partial charge in [-0.15, -0.1) is 0 Å². The van der Waals surface area contributed by atoms with Gasteiger partial charge in [-0.2, -0.15) is 0 Å². The van der Waals surface area contributed by atoms with Gasteiger partial charge in [-0.3, -0.25) is 9.78 Å². The highest BCUT2D eigenvalue weighted by Gasteiger charge is 2.16. The van der Waals surface area contributed by atoms with Crippen LogP contribution in [0.4, 0.5) is 5.82 Å². The summed E-state index contributed by atoms with van der Waals surface area (Å²) in [4.78, 5) is 24.0. The lowest BCUT2D eigenvalue weighted by Gasteiger charge is -2.09. The van der Waals surface area contributed by atoms with Crippen molar-refractivity contribution in [2.75, 3.05) is 5.73 Å². The monoisotopic (exact) mass is 257 g/mol. The number of amides is 1. The third-order valence-corrected chi connectivity index (χ3v) is 2.85. The van der Waals surface area contributed by atoms with E-state index in [2.05, 4.69) is 15.0 Å². The zero-order valence-electron chi connectivity index (χ0n) is 10.8. The molecule has 0 bridgehead atoms. The highest BCUT2D eigenvalue weighted by atomic mass is 16.1. The molecule has 0 aromatic carbocycles. The van der Waals surface area contributed by atoms with Crippen LogP contribution in [0.25, 0.3) is 11.5 Å². The molecule has 0 saturated heterocycles. The summed E-state index contributed by atoms with van der Waals surface area (Å²) < 4.78 is 0. The molecule has 4 N–H and O–H groups in total. The Balaban J connectivity index is 2.62. The number of aryl methyl sites for hydroxylation is 2. The SMILES string of the molecule is CCc1cccnc1-c1nc(C)c(C(N)=O)c(N)n1. The quantitative estimate of drug-likeness (QED) is 0.855. The third kappa shape index (κ3) is 2.37. The van der Waals surface area contributed by atoms with E-state index in [4.69, 9.17) is 11.5 Å². The first-order valence-electron chi connectivity index (χ1n) is 5.92. The maximum Gasteiger partial charge on any atom is 0.254 e. The molecular weight excluding hydrogens is 242 g/mol. The number of pyridine rings is 1. The van der Waals surface area contributed by atoms with Crippen molar-refractivity contribution < 1.29 is 4.79 Å². The van der Waals surface area contributed by atoms with E-state index in [1.54, 1.807) is 13.1 Å². The van der Waals surface area contributed by atoms with Gasteiger partial charge in [0.15, 0.2) is 5.82 Å². The number of rotatable bonds is 3. The summed E-state index contributed by atoms with van der Waals surface area (Å²) in [5.74, 6) is -0.126. The lowest BCUT2D eigenvalue weighted by Crippen LogP contribution is -2.18. The third-order valence-electron chi connectivity index (χ3n) is 2.85. The van der Waals surface area contributed by atoms with Crippen molar-refractivity contribution >= 4 is 11.7 Å². The number of nitrogens with two attached hydrogens (primary N) is 2. The average Bonchev–Trinajstić information content (AvgIpc) is 2.37. The Morgan fingerprint density at radius 2 is 2.11 bits per heavy atom. The van der Waals surface area contributed by atoms with E-state index in [0.29, 0.717) is 17.2 Å². The van der Waals surface area contributed by atoms with Crippen molar-refractivity contribution in [1.29, 1.82) is 0 Å². The molecule has 0 radical (unpaired) electrons. The number of aromatic nitrogens is 3. The molecule has 0 aliphatic carbocycles. The summed E-state index contributed by atoms with van der Waals surface area (Å²) in [7, 11) is 0. The van der Waals surface area contributed by atoms with Crippen LogP contribution in [-0.2, 0) is 6.42 Å². The van der Waals surface area contributed by atoms with Crippen LogP contribution < -0.4 is 11.5 Å². The summed E-state index contributed by atoms with van der Waals surface area (Å²) in [5.41, 5.74) is 13.3. The fraction of sp³-hybridized carbons (Fsp3) is 0.231. The lowest BCUT2D eigenvalue weighted by molar-refractivity contribution is 0.1000. The molecular formula is C13H15N5O. The molecule has 6 heteroatoms. The van der Waals surface area contributed by atoms with Crippen molar-refractivity contribution in [3.8, 4) is 11.5 Å². The van der Waals surface area contributed by atoms with Gasteiger partial charge in [0.05, 0.1) is 5.69 Å². The number of hydrogen-bond donors (Lipinski definition) is 2. The first-order valence-corrected chi connectivity index (χ1v) is 5.92. The Labute approximate surface area is 110 Å². The largest absolute Gasteiger partial charge is 0.383 e. The Hall–Kier alpha value is -2.50. The first-order chi connectivity index (χ1) is 9.04. The highest BCUT2D eigenvalue weighted by Crippen LogP contribution is 2.21. The van der Waals surface area contributed by atoms with Crippen molar-refractivity contribution in [3.05, 3.63) is 35.2 Å². The van der Waals surface area contributed by atoms with E-state index in [9.17, 15) is 4.79 Å². The van der Waals surface area contributed by atoms with Crippen LogP contribution in [0.15, 0.2) is 18.3 Å². The highest BCUT2D eigenvalue weighted by molar-refractivity contribution is 5.98. The standard InChI is InChI=1S/C13H15N5O/c1-3-8-5-4-6-16-10(8)13-17-7(2)9(12(15)19)11(14)18-13/h4-6H,3H2,1-2H3,(H2,15,19)(H2,14,17,18). The molecule has 2 aromatic rings. The van der Waals surface area contributed by atoms with Gasteiger partial charge in [-0.05, 0) is 25.0 Å². The van der Waals surface area contributed by atoms with Crippen LogP contribution in [0.1, 0.15) is 28.5 Å². The fourth-order valence-corrected chi connectivity index (χ4v) is 1.93. The van der Waals surface area contributed by atoms with E-state index in [0.717, 1.165) is 12.0 Å². The fourth-order valence-electron chi connectivity index (χ4n) is 1.93. The summed E-state index contributed by atoms with van der Waals surface area (Å²) in [5, 5.41) is 0. The minimum absolute atomic E-state index is 0.0858. The van der Waals surface area contributed by atoms with Crippen molar-refractivity contribution in [2.45, 2.75) is 20.3 Å². The summed E-state index contributed by atoms with van der Waals surface area (Å²) in [6, 6.07) is 3.82. The van der Waals surface area contributed by atoms with E-state index >= 15 is 0 Å². The molecule has 2 rings (SSSR count). The van der Waals surface area contributed by atoms with Crippen LogP contribution in [-0.4, -0.2) is 20.9 Å². The Morgan fingerprint density at radius 1 is 1.37 bits per heavy atom. The number of anilines is 1. The molecule has 2 heterocycles. The molecule has 0 unspecified atom stereocenters. The molecule has 98 valence electrons. The van der Waals surface area contributed by atoms with Gasteiger partial charge in [0.1, 0.15) is 17.1 Å². The normalized spacial score (nSPS) is 10.4. The first kappa shape index (κ1) is 12.9. The van der Waals surface area contributed by atoms with Crippen LogP contribution in [0.5, 0.6) is 0 Å². The molecule has 0 aliphatic rings. The number of carbonyl (C=O) groups excluding carboxylic acids is 1. The molecule has 6 nitrogen and oxygen atoms in total. The van der Waals surface area contributed by atoms with Gasteiger partial charge in [-0.1, -0.05) is 13.0 Å². The molecule has 1 amide bonds. The van der Waals surface area contributed by atoms with Crippen LogP contribution in [0.3, 0.4) is 0 Å². The molecule has 0 saturated carbocycles. The van der Waals surface area contributed by atoms with Gasteiger partial charge >= 0.3 is 0 Å². The van der Waals surface area contributed by atoms with Crippen LogP contribution >= 0.6 is 0 Å². The Kier molecular flexibility index (Phi) is 3.41. The van der Waals surface area contributed by atoms with Gasteiger partial charge in [0.2, 0.25) is 0 Å². The maximum absolute atomic E-state index is 11.3. The van der Waals surface area contributed by atoms with E-state index < -0.39 is 5.91 Å². The van der Waals surface area contributed by atoms with Gasteiger partial charge in [-0.25, -0.2) is 9.97 Å². The van der Waals surface area contributed by atoms with Crippen molar-refractivity contribution in [2.24, 2.45) is 5.73 Å². The smallest absolute Gasteiger partial charge is 0.254 e. The van der Waals surface area contributed by atoms with E-state index in [-0.39, 0.29) is 11.4 Å². The second kappa shape index (κ2) is 5.01. The van der Waals surface area contributed by atoms with Crippen LogP contribution in [0.2, 0.25) is 0 Å². The van der Waals surface area contributed by atoms with Crippen molar-refractivity contribution in [1.82, 2.24) is 15.0 Å². The van der Waals surface area contributed by atoms with Crippen LogP contribution in [0, 0.1) is 6.92 Å². The molecule has 0 spiro atoms. The van der Waals surface area contributed by atoms with Crippen molar-refractivity contribution in [3.63, 3.8) is 0 Å². The molecule has 0 fully saturated rings. The van der Waals surface area contributed by atoms with Gasteiger partial charge in [0.25, 0.3) is 5.91 Å². The van der Waals surface area contributed by atoms with Gasteiger partial charge in [0, 0.05) is 6.20 Å². The second-order valence-corrected chi connectivity index (χ2v) is 4.12. The average molecular weight is 257 g/mol. The number of carbonyl (C=O) groups is 1. The number of hydrogen-bond acceptors (Lipinski definition) is 5. The summed E-state index contributed by atoms with van der Waals surface area (Å²) >= 11 is 0. The molecule has 0 aliphatic heterocycles. The Bertz CT molecular complexity index is 616. The van der Waals surface area contributed by atoms with E-state index in [1.807, 2.05) is 19.1 Å². The maximum atomic E-state index is 11.3. The number of nitrogens with zero attached hydrogens (tertiary/aromatic N) is 3.